The Kier molecular flexibility index (Phi) is 6.25. The Morgan fingerprint density at radius 1 is 1.30 bits per heavy atom. The Morgan fingerprint density at radius 3 is 2.39 bits per heavy atom. The highest BCUT2D eigenvalue weighted by atomic mass is 35.5. The van der Waals surface area contributed by atoms with Crippen LogP contribution in [0.15, 0.2) is 41.4 Å². The fourth-order valence-electron chi connectivity index (χ4n) is 1.89. The Labute approximate surface area is 140 Å². The van der Waals surface area contributed by atoms with Crippen molar-refractivity contribution in [1.82, 2.24) is 14.5 Å². The minimum absolute atomic E-state index is 0. The molecule has 0 saturated carbocycles. The molecule has 126 valence electrons. The predicted molar refractivity (Wildman–Crippen MR) is 87.0 cm³/mol. The van der Waals surface area contributed by atoms with E-state index in [9.17, 15) is 18.5 Å². The number of nitrogens with zero attached hydrogens (tertiary/aromatic N) is 3. The van der Waals surface area contributed by atoms with Crippen molar-refractivity contribution in [3.63, 3.8) is 0 Å². The second kappa shape index (κ2) is 7.53. The first kappa shape index (κ1) is 19.1. The maximum Gasteiger partial charge on any atom is 0.269 e. The number of rotatable bonds is 6. The Balaban J connectivity index is 0.00000264. The van der Waals surface area contributed by atoms with E-state index in [1.165, 1.54) is 12.1 Å². The third kappa shape index (κ3) is 4.50. The van der Waals surface area contributed by atoms with Crippen molar-refractivity contribution in [2.75, 3.05) is 0 Å². The van der Waals surface area contributed by atoms with E-state index in [4.69, 9.17) is 0 Å². The third-order valence-corrected chi connectivity index (χ3v) is 4.68. The van der Waals surface area contributed by atoms with Gasteiger partial charge in [-0.1, -0.05) is 0 Å². The second-order valence-electron chi connectivity index (χ2n) is 4.69. The van der Waals surface area contributed by atoms with Gasteiger partial charge in [-0.05, 0) is 32.0 Å². The zero-order valence-electron chi connectivity index (χ0n) is 12.5. The summed E-state index contributed by atoms with van der Waals surface area (Å²) in [6.07, 6.45) is 1.77. The van der Waals surface area contributed by atoms with Gasteiger partial charge in [-0.3, -0.25) is 14.8 Å². The maximum absolute atomic E-state index is 12.3. The summed E-state index contributed by atoms with van der Waals surface area (Å²) >= 11 is 0. The van der Waals surface area contributed by atoms with Gasteiger partial charge in [0.05, 0.1) is 21.6 Å². The Bertz CT molecular complexity index is 774. The number of nitro groups is 1. The molecule has 1 N–H and O–H groups in total. The minimum atomic E-state index is -3.77. The van der Waals surface area contributed by atoms with Crippen LogP contribution < -0.4 is 4.72 Å². The van der Waals surface area contributed by atoms with Gasteiger partial charge < -0.3 is 0 Å². The van der Waals surface area contributed by atoms with Crippen LogP contribution in [-0.4, -0.2) is 23.1 Å². The number of nitrogens with one attached hydrogen (secondary N) is 1. The minimum Gasteiger partial charge on any atom is -0.273 e. The number of sulfonamides is 1. The summed E-state index contributed by atoms with van der Waals surface area (Å²) in [7, 11) is -3.77. The number of hydrogen-bond acceptors (Lipinski definition) is 5. The molecule has 23 heavy (non-hydrogen) atoms. The van der Waals surface area contributed by atoms with E-state index in [0.29, 0.717) is 12.2 Å². The van der Waals surface area contributed by atoms with Gasteiger partial charge in [-0.25, -0.2) is 13.1 Å². The predicted octanol–water partition coefficient (Wildman–Crippen LogP) is 2.27. The van der Waals surface area contributed by atoms with Crippen LogP contribution in [0.3, 0.4) is 0 Å². The lowest BCUT2D eigenvalue weighted by Crippen LogP contribution is -2.27. The number of hydrogen-bond donors (Lipinski definition) is 1. The molecule has 1 heterocycles. The Hall–Kier alpha value is -1.97. The average molecular weight is 361 g/mol. The topological polar surface area (TPSA) is 107 Å². The molecule has 2 rings (SSSR count). The SMILES string of the molecule is CCn1ccc(C(C)NS(=O)(=O)c2ccc([N+](=O)[O-])cc2)n1.Cl. The highest BCUT2D eigenvalue weighted by Crippen LogP contribution is 2.18. The molecule has 2 aromatic rings. The molecule has 0 aliphatic rings. The highest BCUT2D eigenvalue weighted by Gasteiger charge is 2.20. The van der Waals surface area contributed by atoms with Gasteiger partial charge in [0.25, 0.3) is 5.69 Å². The first-order chi connectivity index (χ1) is 10.3. The molecule has 1 unspecified atom stereocenters. The molecule has 0 aliphatic heterocycles. The van der Waals surface area contributed by atoms with Gasteiger partial charge in [0.2, 0.25) is 10.0 Å². The molecule has 1 atom stereocenters. The summed E-state index contributed by atoms with van der Waals surface area (Å²) < 4.78 is 28.7. The maximum atomic E-state index is 12.3. The highest BCUT2D eigenvalue weighted by molar-refractivity contribution is 7.89. The zero-order chi connectivity index (χ0) is 16.3. The van der Waals surface area contributed by atoms with Crippen molar-refractivity contribution in [1.29, 1.82) is 0 Å². The molecule has 0 saturated heterocycles. The lowest BCUT2D eigenvalue weighted by Gasteiger charge is -2.12. The molecule has 1 aromatic carbocycles. The largest absolute Gasteiger partial charge is 0.273 e. The molecule has 0 fully saturated rings. The van der Waals surface area contributed by atoms with Gasteiger partial charge in [0.1, 0.15) is 0 Å². The van der Waals surface area contributed by atoms with Gasteiger partial charge in [0, 0.05) is 24.9 Å². The van der Waals surface area contributed by atoms with Crippen molar-refractivity contribution in [2.24, 2.45) is 0 Å². The molecule has 0 bridgehead atoms. The number of nitro benzene ring substituents is 1. The standard InChI is InChI=1S/C13H16N4O4S.ClH/c1-3-16-9-8-13(14-16)10(2)15-22(20,21)12-6-4-11(5-7-12)17(18)19;/h4-10,15H,3H2,1-2H3;1H. The van der Waals surface area contributed by atoms with Crippen LogP contribution in [0.2, 0.25) is 0 Å². The first-order valence-electron chi connectivity index (χ1n) is 6.63. The number of benzene rings is 1. The average Bonchev–Trinajstić information content (AvgIpc) is 2.96. The lowest BCUT2D eigenvalue weighted by atomic mass is 10.3. The van der Waals surface area contributed by atoms with Crippen molar-refractivity contribution in [3.8, 4) is 0 Å². The molecule has 0 radical (unpaired) electrons. The van der Waals surface area contributed by atoms with Crippen LogP contribution in [0, 0.1) is 10.1 Å². The third-order valence-electron chi connectivity index (χ3n) is 3.12. The second-order valence-corrected chi connectivity index (χ2v) is 6.40. The molecule has 0 aliphatic carbocycles. The van der Waals surface area contributed by atoms with Crippen molar-refractivity contribution in [2.45, 2.75) is 31.3 Å². The van der Waals surface area contributed by atoms with Crippen LogP contribution in [0.4, 0.5) is 5.69 Å². The van der Waals surface area contributed by atoms with E-state index in [1.54, 1.807) is 23.9 Å². The quantitative estimate of drug-likeness (QED) is 0.628. The number of halogens is 1. The van der Waals surface area contributed by atoms with E-state index in [1.807, 2.05) is 6.92 Å². The molecular formula is C13H17ClN4O4S. The van der Waals surface area contributed by atoms with E-state index < -0.39 is 21.0 Å². The van der Waals surface area contributed by atoms with Crippen molar-refractivity contribution in [3.05, 3.63) is 52.3 Å². The van der Waals surface area contributed by atoms with E-state index >= 15 is 0 Å². The van der Waals surface area contributed by atoms with Gasteiger partial charge in [0.15, 0.2) is 0 Å². The van der Waals surface area contributed by atoms with Crippen LogP contribution in [0.25, 0.3) is 0 Å². The van der Waals surface area contributed by atoms with Crippen LogP contribution in [-0.2, 0) is 16.6 Å². The summed E-state index contributed by atoms with van der Waals surface area (Å²) in [6.45, 7) is 4.32. The van der Waals surface area contributed by atoms with Gasteiger partial charge in [-0.15, -0.1) is 12.4 Å². The van der Waals surface area contributed by atoms with E-state index in [2.05, 4.69) is 9.82 Å². The summed E-state index contributed by atoms with van der Waals surface area (Å²) in [5, 5.41) is 14.8. The number of aromatic nitrogens is 2. The molecule has 8 nitrogen and oxygen atoms in total. The first-order valence-corrected chi connectivity index (χ1v) is 8.12. The Morgan fingerprint density at radius 2 is 1.91 bits per heavy atom. The van der Waals surface area contributed by atoms with Gasteiger partial charge in [-0.2, -0.15) is 5.10 Å². The summed E-state index contributed by atoms with van der Waals surface area (Å²) in [5.74, 6) is 0. The van der Waals surface area contributed by atoms with E-state index in [0.717, 1.165) is 12.1 Å². The molecule has 10 heteroatoms. The molecular weight excluding hydrogens is 344 g/mol. The van der Waals surface area contributed by atoms with Crippen molar-refractivity contribution >= 4 is 28.1 Å². The fraction of sp³-hybridized carbons (Fsp3) is 0.308. The monoisotopic (exact) mass is 360 g/mol. The van der Waals surface area contributed by atoms with E-state index in [-0.39, 0.29) is 23.0 Å². The summed E-state index contributed by atoms with van der Waals surface area (Å²) in [6, 6.07) is 5.96. The smallest absolute Gasteiger partial charge is 0.269 e. The number of non-ortho nitro benzene ring substituents is 1. The van der Waals surface area contributed by atoms with Gasteiger partial charge >= 0.3 is 0 Å². The zero-order valence-corrected chi connectivity index (χ0v) is 14.2. The molecule has 1 aromatic heterocycles. The van der Waals surface area contributed by atoms with Crippen LogP contribution in [0.1, 0.15) is 25.6 Å². The summed E-state index contributed by atoms with van der Waals surface area (Å²) in [5.41, 5.74) is 0.445. The van der Waals surface area contributed by atoms with Crippen LogP contribution in [0.5, 0.6) is 0 Å². The van der Waals surface area contributed by atoms with Crippen LogP contribution >= 0.6 is 12.4 Å². The lowest BCUT2D eigenvalue weighted by molar-refractivity contribution is -0.384. The normalized spacial score (nSPS) is 12.4. The van der Waals surface area contributed by atoms with Crippen molar-refractivity contribution < 1.29 is 13.3 Å². The molecule has 0 amide bonds. The fourth-order valence-corrected chi connectivity index (χ4v) is 3.11. The number of aryl methyl sites for hydroxylation is 1. The molecule has 0 spiro atoms. The summed E-state index contributed by atoms with van der Waals surface area (Å²) in [4.78, 5) is 9.98.